The molecule has 0 saturated heterocycles. The van der Waals surface area contributed by atoms with E-state index in [4.69, 9.17) is 6.85 Å². The molecule has 0 unspecified atom stereocenters. The first-order valence-corrected chi connectivity index (χ1v) is 13.7. The highest BCUT2D eigenvalue weighted by molar-refractivity contribution is 6.23. The maximum Gasteiger partial charge on any atom is 0.114 e. The number of hydrogen-bond donors (Lipinski definition) is 0. The van der Waals surface area contributed by atoms with Crippen molar-refractivity contribution in [1.29, 1.82) is 0 Å². The summed E-state index contributed by atoms with van der Waals surface area (Å²) in [5.41, 5.74) is 6.33. The highest BCUT2D eigenvalue weighted by Gasteiger charge is 2.18. The van der Waals surface area contributed by atoms with E-state index < -0.39 is 13.2 Å². The van der Waals surface area contributed by atoms with Crippen molar-refractivity contribution in [3.8, 4) is 27.9 Å². The van der Waals surface area contributed by atoms with Crippen LogP contribution in [0, 0.1) is 0 Å². The number of aryl methyl sites for hydroxylation is 1. The summed E-state index contributed by atoms with van der Waals surface area (Å²) in [5.74, 6) is -0.142. The number of aromatic nitrogens is 2. The SMILES string of the molecule is [2H]C([2H])([2H])C([2H])([2H])c1nc2ccccc2n1-c1ccc(-c2c3ccccc3c(-c3cccc4ccccc34)c3ccccc23)cc1. The van der Waals surface area contributed by atoms with Gasteiger partial charge in [-0.1, -0.05) is 122 Å². The summed E-state index contributed by atoms with van der Waals surface area (Å²) in [4.78, 5) is 4.48. The van der Waals surface area contributed by atoms with Gasteiger partial charge in [0.15, 0.2) is 0 Å². The third-order valence-electron chi connectivity index (χ3n) is 8.08. The van der Waals surface area contributed by atoms with E-state index in [1.807, 2.05) is 42.5 Å². The smallest absolute Gasteiger partial charge is 0.114 e. The minimum absolute atomic E-state index is 0.142. The lowest BCUT2D eigenvalue weighted by atomic mass is 9.85. The minimum atomic E-state index is -2.89. The molecule has 0 aliphatic carbocycles. The van der Waals surface area contributed by atoms with E-state index >= 15 is 0 Å². The largest absolute Gasteiger partial charge is 0.296 e. The van der Waals surface area contributed by atoms with Gasteiger partial charge in [0.05, 0.1) is 11.0 Å². The normalized spacial score (nSPS) is 14.1. The number of imidazole rings is 1. The van der Waals surface area contributed by atoms with E-state index in [0.29, 0.717) is 16.7 Å². The lowest BCUT2D eigenvalue weighted by molar-refractivity contribution is 0.908. The van der Waals surface area contributed by atoms with Crippen LogP contribution in [0.25, 0.3) is 71.3 Å². The molecule has 7 aromatic carbocycles. The summed E-state index contributed by atoms with van der Waals surface area (Å²) < 4.78 is 42.6. The third-order valence-corrected chi connectivity index (χ3v) is 8.08. The molecular weight excluding hydrogens is 496 g/mol. The molecule has 0 spiro atoms. The fourth-order valence-electron chi connectivity index (χ4n) is 6.32. The lowest BCUT2D eigenvalue weighted by Gasteiger charge is -2.19. The zero-order chi connectivity index (χ0) is 31.6. The van der Waals surface area contributed by atoms with Crippen LogP contribution < -0.4 is 0 Å². The molecule has 0 saturated carbocycles. The highest BCUT2D eigenvalue weighted by Crippen LogP contribution is 2.45. The number of rotatable bonds is 4. The van der Waals surface area contributed by atoms with Gasteiger partial charge in [0.1, 0.15) is 5.82 Å². The second-order valence-corrected chi connectivity index (χ2v) is 10.3. The molecule has 194 valence electrons. The molecule has 1 heterocycles. The Kier molecular flexibility index (Phi) is 4.38. The van der Waals surface area contributed by atoms with Gasteiger partial charge in [0.2, 0.25) is 0 Å². The molecule has 8 rings (SSSR count). The van der Waals surface area contributed by atoms with Gasteiger partial charge >= 0.3 is 0 Å². The number of benzene rings is 7. The van der Waals surface area contributed by atoms with Crippen molar-refractivity contribution in [2.75, 3.05) is 0 Å². The molecule has 0 amide bonds. The summed E-state index contributed by atoms with van der Waals surface area (Å²) in [7, 11) is 0. The van der Waals surface area contributed by atoms with Crippen LogP contribution in [-0.2, 0) is 6.37 Å². The number of fused-ring (bicyclic) bond motifs is 4. The molecule has 2 nitrogen and oxygen atoms in total. The third kappa shape index (κ3) is 3.68. The van der Waals surface area contributed by atoms with Gasteiger partial charge in [-0.05, 0) is 78.8 Å². The maximum absolute atomic E-state index is 8.56. The van der Waals surface area contributed by atoms with Crippen LogP contribution in [-0.4, -0.2) is 9.55 Å². The van der Waals surface area contributed by atoms with E-state index in [0.717, 1.165) is 32.7 Å². The van der Waals surface area contributed by atoms with Crippen molar-refractivity contribution in [3.05, 3.63) is 145 Å². The molecule has 0 bridgehead atoms. The fourth-order valence-corrected chi connectivity index (χ4v) is 6.32. The van der Waals surface area contributed by atoms with Crippen molar-refractivity contribution < 1.29 is 6.85 Å². The molecule has 0 aliphatic heterocycles. The van der Waals surface area contributed by atoms with Gasteiger partial charge in [-0.3, -0.25) is 4.57 Å². The van der Waals surface area contributed by atoms with E-state index in [9.17, 15) is 0 Å². The molecule has 2 heteroatoms. The Hall–Kier alpha value is -5.21. The molecule has 8 aromatic rings. The molecule has 1 aromatic heterocycles. The Bertz CT molecular complexity index is 2380. The Balaban J connectivity index is 1.36. The first-order valence-electron chi connectivity index (χ1n) is 16.2. The number of hydrogen-bond acceptors (Lipinski definition) is 1. The predicted molar refractivity (Wildman–Crippen MR) is 174 cm³/mol. The number of nitrogens with zero attached hydrogens (tertiary/aromatic N) is 2. The Morgan fingerprint density at radius 2 is 1.17 bits per heavy atom. The molecule has 0 fully saturated rings. The van der Waals surface area contributed by atoms with Crippen molar-refractivity contribution in [3.63, 3.8) is 0 Å². The Labute approximate surface area is 246 Å². The van der Waals surface area contributed by atoms with Gasteiger partial charge < -0.3 is 0 Å². The van der Waals surface area contributed by atoms with E-state index in [1.54, 1.807) is 10.6 Å². The van der Waals surface area contributed by atoms with Crippen molar-refractivity contribution in [2.24, 2.45) is 0 Å². The second kappa shape index (κ2) is 9.46. The van der Waals surface area contributed by atoms with Crippen molar-refractivity contribution in [2.45, 2.75) is 13.2 Å². The maximum atomic E-state index is 8.56. The predicted octanol–water partition coefficient (Wildman–Crippen LogP) is 10.4. The molecular formula is C39H28N2. The van der Waals surface area contributed by atoms with Crippen LogP contribution in [0.5, 0.6) is 0 Å². The summed E-state index contributed by atoms with van der Waals surface area (Å²) in [6.45, 7) is -2.89. The lowest BCUT2D eigenvalue weighted by Crippen LogP contribution is -2.00. The van der Waals surface area contributed by atoms with Gasteiger partial charge in [0.25, 0.3) is 0 Å². The second-order valence-electron chi connectivity index (χ2n) is 10.3. The van der Waals surface area contributed by atoms with E-state index in [1.165, 1.54) is 21.9 Å². The highest BCUT2D eigenvalue weighted by atomic mass is 15.1. The number of para-hydroxylation sites is 2. The van der Waals surface area contributed by atoms with Crippen LogP contribution in [0.3, 0.4) is 0 Å². The van der Waals surface area contributed by atoms with Crippen LogP contribution in [0.1, 0.15) is 19.5 Å². The summed E-state index contributed by atoms with van der Waals surface area (Å²) >= 11 is 0. The molecule has 0 atom stereocenters. The van der Waals surface area contributed by atoms with Crippen molar-refractivity contribution >= 4 is 43.4 Å². The van der Waals surface area contributed by atoms with Crippen LogP contribution in [0.4, 0.5) is 0 Å². The minimum Gasteiger partial charge on any atom is -0.296 e. The van der Waals surface area contributed by atoms with Gasteiger partial charge in [-0.25, -0.2) is 4.98 Å². The van der Waals surface area contributed by atoms with Crippen LogP contribution in [0.2, 0.25) is 0 Å². The quantitative estimate of drug-likeness (QED) is 0.207. The zero-order valence-corrected chi connectivity index (χ0v) is 22.2. The first kappa shape index (κ1) is 19.0. The summed E-state index contributed by atoms with van der Waals surface area (Å²) in [5, 5.41) is 6.98. The van der Waals surface area contributed by atoms with Crippen molar-refractivity contribution in [1.82, 2.24) is 9.55 Å². The monoisotopic (exact) mass is 529 g/mol. The van der Waals surface area contributed by atoms with Crippen LogP contribution in [0.15, 0.2) is 140 Å². The molecule has 0 aliphatic rings. The molecule has 41 heavy (non-hydrogen) atoms. The topological polar surface area (TPSA) is 17.8 Å². The Morgan fingerprint density at radius 3 is 1.88 bits per heavy atom. The Morgan fingerprint density at radius 1 is 0.585 bits per heavy atom. The average molecular weight is 530 g/mol. The average Bonchev–Trinajstić information content (AvgIpc) is 3.47. The van der Waals surface area contributed by atoms with E-state index in [-0.39, 0.29) is 5.82 Å². The molecule has 0 radical (unpaired) electrons. The molecule has 0 N–H and O–H groups in total. The van der Waals surface area contributed by atoms with Gasteiger partial charge in [-0.2, -0.15) is 0 Å². The van der Waals surface area contributed by atoms with Crippen LogP contribution >= 0.6 is 0 Å². The summed E-state index contributed by atoms with van der Waals surface area (Å²) in [6, 6.07) is 47.2. The van der Waals surface area contributed by atoms with E-state index in [2.05, 4.69) is 96.0 Å². The standard InChI is InChI=1S/C39H28N2/c1-2-37-40-35-20-9-10-21-36(35)41(37)28-24-22-27(23-25-28)38-31-15-5-7-17-33(31)39(34-18-8-6-16-32(34)38)30-19-11-13-26-12-3-4-14-29(26)30/h3-25H,2H2,1H3/i1D3,2D2. The van der Waals surface area contributed by atoms with Gasteiger partial charge in [0, 0.05) is 18.9 Å². The summed E-state index contributed by atoms with van der Waals surface area (Å²) in [6.07, 6.45) is -2.66. The first-order chi connectivity index (χ1) is 22.2. The fraction of sp³-hybridized carbons (Fsp3) is 0.0513. The zero-order valence-electron chi connectivity index (χ0n) is 27.2. The van der Waals surface area contributed by atoms with Gasteiger partial charge in [-0.15, -0.1) is 0 Å².